The van der Waals surface area contributed by atoms with Crippen LogP contribution in [0.25, 0.3) is 23.4 Å². The first-order valence-electron chi connectivity index (χ1n) is 8.19. The van der Waals surface area contributed by atoms with Crippen LogP contribution in [0.15, 0.2) is 24.5 Å². The Labute approximate surface area is 150 Å². The van der Waals surface area contributed by atoms with Crippen LogP contribution in [0.5, 0.6) is 0 Å². The minimum atomic E-state index is 0.0220. The third-order valence-electron chi connectivity index (χ3n) is 4.25. The molecule has 1 fully saturated rings. The third-order valence-corrected chi connectivity index (χ3v) is 4.42. The topological polar surface area (TPSA) is 75.9 Å². The van der Waals surface area contributed by atoms with Crippen molar-refractivity contribution in [1.29, 1.82) is 0 Å². The van der Waals surface area contributed by atoms with Crippen molar-refractivity contribution in [2.45, 2.75) is 32.4 Å². The van der Waals surface area contributed by atoms with Crippen molar-refractivity contribution in [3.63, 3.8) is 0 Å². The lowest BCUT2D eigenvalue weighted by atomic mass is 10.1. The number of aryl methyl sites for hydroxylation is 1. The molecule has 0 bridgehead atoms. The molecule has 4 rings (SSSR count). The number of nitrogens with one attached hydrogen (secondary N) is 1. The average Bonchev–Trinajstić information content (AvgIpc) is 3.32. The van der Waals surface area contributed by atoms with Crippen molar-refractivity contribution >= 4 is 40.9 Å². The number of fused-ring (bicyclic) bond motifs is 1. The lowest BCUT2D eigenvalue weighted by Gasteiger charge is -2.05. The summed E-state index contributed by atoms with van der Waals surface area (Å²) in [6, 6.07) is 6.34. The number of rotatable bonds is 5. The molecular formula is C18H18ClN5O. The van der Waals surface area contributed by atoms with Gasteiger partial charge in [-0.1, -0.05) is 12.1 Å². The number of aliphatic hydroxyl groups excluding tert-OH is 1. The summed E-state index contributed by atoms with van der Waals surface area (Å²) in [4.78, 5) is 13.0. The van der Waals surface area contributed by atoms with Crippen molar-refractivity contribution in [2.75, 3.05) is 5.32 Å². The molecule has 25 heavy (non-hydrogen) atoms. The van der Waals surface area contributed by atoms with Crippen LogP contribution in [-0.2, 0) is 6.61 Å². The molecule has 1 saturated carbocycles. The summed E-state index contributed by atoms with van der Waals surface area (Å²) < 4.78 is 1.83. The summed E-state index contributed by atoms with van der Waals surface area (Å²) in [6.45, 7) is 2.05. The Hall–Kier alpha value is -2.44. The van der Waals surface area contributed by atoms with E-state index in [1.165, 1.54) is 0 Å². The van der Waals surface area contributed by atoms with Crippen LogP contribution in [0.4, 0.5) is 5.82 Å². The van der Waals surface area contributed by atoms with Gasteiger partial charge in [0.15, 0.2) is 17.0 Å². The van der Waals surface area contributed by atoms with Crippen molar-refractivity contribution in [3.8, 4) is 0 Å². The zero-order chi connectivity index (χ0) is 17.4. The number of nitrogens with zero attached hydrogens (tertiary/aromatic N) is 4. The van der Waals surface area contributed by atoms with Crippen LogP contribution in [0, 0.1) is 6.92 Å². The summed E-state index contributed by atoms with van der Waals surface area (Å²) in [5, 5.41) is 12.9. The molecule has 0 atom stereocenters. The Kier molecular flexibility index (Phi) is 4.15. The van der Waals surface area contributed by atoms with Crippen LogP contribution < -0.4 is 5.32 Å². The minimum absolute atomic E-state index is 0.0220. The molecule has 0 saturated heterocycles. The first kappa shape index (κ1) is 16.1. The standard InChI is InChI=1S/C18H18ClN5O/c1-11-2-3-12(9-25)8-13(11)6-7-24-10-20-15-16(21-14-4-5-14)22-18(19)23-17(15)24/h2-3,6-8,10,14,25H,4-5,9H2,1H3,(H,21,22,23)/b7-6+. The molecule has 0 unspecified atom stereocenters. The number of anilines is 1. The number of hydrogen-bond acceptors (Lipinski definition) is 5. The molecule has 0 amide bonds. The van der Waals surface area contributed by atoms with E-state index in [0.29, 0.717) is 23.0 Å². The molecule has 1 aliphatic carbocycles. The largest absolute Gasteiger partial charge is 0.392 e. The second-order valence-corrected chi connectivity index (χ2v) is 6.59. The smallest absolute Gasteiger partial charge is 0.226 e. The van der Waals surface area contributed by atoms with E-state index in [-0.39, 0.29) is 11.9 Å². The lowest BCUT2D eigenvalue weighted by molar-refractivity contribution is 0.282. The fourth-order valence-electron chi connectivity index (χ4n) is 2.65. The summed E-state index contributed by atoms with van der Waals surface area (Å²) in [5.74, 6) is 0.683. The van der Waals surface area contributed by atoms with Gasteiger partial charge in [-0.05, 0) is 60.2 Å². The van der Waals surface area contributed by atoms with Gasteiger partial charge in [0.1, 0.15) is 6.33 Å². The number of aromatic nitrogens is 4. The predicted octanol–water partition coefficient (Wildman–Crippen LogP) is 3.48. The summed E-state index contributed by atoms with van der Waals surface area (Å²) in [7, 11) is 0. The van der Waals surface area contributed by atoms with Gasteiger partial charge in [-0.15, -0.1) is 0 Å². The molecule has 0 radical (unpaired) electrons. The molecule has 0 spiro atoms. The Bertz CT molecular complexity index is 961. The van der Waals surface area contributed by atoms with Gasteiger partial charge in [0.2, 0.25) is 5.28 Å². The van der Waals surface area contributed by atoms with E-state index in [1.807, 2.05) is 42.0 Å². The van der Waals surface area contributed by atoms with Gasteiger partial charge in [-0.3, -0.25) is 4.57 Å². The van der Waals surface area contributed by atoms with E-state index in [2.05, 4.69) is 20.3 Å². The van der Waals surface area contributed by atoms with E-state index < -0.39 is 0 Å². The van der Waals surface area contributed by atoms with Crippen molar-refractivity contribution in [1.82, 2.24) is 19.5 Å². The molecule has 6 nitrogen and oxygen atoms in total. The van der Waals surface area contributed by atoms with E-state index in [9.17, 15) is 5.11 Å². The van der Waals surface area contributed by atoms with Gasteiger partial charge in [0.25, 0.3) is 0 Å². The van der Waals surface area contributed by atoms with Crippen molar-refractivity contribution in [3.05, 3.63) is 46.5 Å². The fraction of sp³-hybridized carbons (Fsp3) is 0.278. The van der Waals surface area contributed by atoms with Crippen LogP contribution in [0.1, 0.15) is 29.5 Å². The summed E-state index contributed by atoms with van der Waals surface area (Å²) >= 11 is 6.08. The fourth-order valence-corrected chi connectivity index (χ4v) is 2.81. The molecular weight excluding hydrogens is 338 g/mol. The molecule has 2 aromatic heterocycles. The Morgan fingerprint density at radius 2 is 2.20 bits per heavy atom. The van der Waals surface area contributed by atoms with Crippen molar-refractivity contribution < 1.29 is 5.11 Å². The van der Waals surface area contributed by atoms with Crippen LogP contribution in [0.2, 0.25) is 5.28 Å². The number of aliphatic hydroxyl groups is 1. The van der Waals surface area contributed by atoms with E-state index in [4.69, 9.17) is 11.6 Å². The maximum absolute atomic E-state index is 9.31. The number of halogens is 1. The summed E-state index contributed by atoms with van der Waals surface area (Å²) in [6.07, 6.45) is 7.85. The highest BCUT2D eigenvalue weighted by atomic mass is 35.5. The monoisotopic (exact) mass is 355 g/mol. The molecule has 0 aliphatic heterocycles. The number of hydrogen-bond donors (Lipinski definition) is 2. The summed E-state index contributed by atoms with van der Waals surface area (Å²) in [5.41, 5.74) is 4.41. The highest BCUT2D eigenvalue weighted by molar-refractivity contribution is 6.28. The Morgan fingerprint density at radius 3 is 2.96 bits per heavy atom. The number of imidazole rings is 1. The van der Waals surface area contributed by atoms with E-state index >= 15 is 0 Å². The van der Waals surface area contributed by atoms with Crippen LogP contribution in [-0.4, -0.2) is 30.7 Å². The van der Waals surface area contributed by atoms with Crippen LogP contribution >= 0.6 is 11.6 Å². The molecule has 128 valence electrons. The number of benzene rings is 1. The minimum Gasteiger partial charge on any atom is -0.392 e. The highest BCUT2D eigenvalue weighted by Gasteiger charge is 2.23. The van der Waals surface area contributed by atoms with Gasteiger partial charge in [-0.2, -0.15) is 9.97 Å². The first-order valence-corrected chi connectivity index (χ1v) is 8.57. The highest BCUT2D eigenvalue weighted by Crippen LogP contribution is 2.28. The van der Waals surface area contributed by atoms with E-state index in [0.717, 1.165) is 29.5 Å². The normalized spacial score (nSPS) is 14.5. The second-order valence-electron chi connectivity index (χ2n) is 6.25. The maximum Gasteiger partial charge on any atom is 0.226 e. The van der Waals surface area contributed by atoms with Gasteiger partial charge in [0.05, 0.1) is 6.61 Å². The molecule has 7 heteroatoms. The van der Waals surface area contributed by atoms with Crippen LogP contribution in [0.3, 0.4) is 0 Å². The Balaban J connectivity index is 1.71. The quantitative estimate of drug-likeness (QED) is 0.685. The molecule has 3 aromatic rings. The average molecular weight is 356 g/mol. The zero-order valence-corrected chi connectivity index (χ0v) is 14.5. The first-order chi connectivity index (χ1) is 12.1. The molecule has 1 aromatic carbocycles. The van der Waals surface area contributed by atoms with E-state index in [1.54, 1.807) is 6.33 Å². The Morgan fingerprint density at radius 1 is 1.36 bits per heavy atom. The van der Waals surface area contributed by atoms with Gasteiger partial charge in [-0.25, -0.2) is 4.98 Å². The zero-order valence-electron chi connectivity index (χ0n) is 13.8. The van der Waals surface area contributed by atoms with Gasteiger partial charge >= 0.3 is 0 Å². The van der Waals surface area contributed by atoms with Crippen molar-refractivity contribution in [2.24, 2.45) is 0 Å². The third kappa shape index (κ3) is 3.36. The van der Waals surface area contributed by atoms with Gasteiger partial charge < -0.3 is 10.4 Å². The second kappa shape index (κ2) is 6.46. The maximum atomic E-state index is 9.31. The predicted molar refractivity (Wildman–Crippen MR) is 99.3 cm³/mol. The molecule has 2 N–H and O–H groups in total. The lowest BCUT2D eigenvalue weighted by Crippen LogP contribution is -2.05. The molecule has 1 aliphatic rings. The van der Waals surface area contributed by atoms with Gasteiger partial charge in [0, 0.05) is 12.2 Å². The SMILES string of the molecule is Cc1ccc(CO)cc1/C=C/n1cnc2c(NC3CC3)nc(Cl)nc21. The molecule has 2 heterocycles.